The van der Waals surface area contributed by atoms with E-state index in [9.17, 15) is 18.3 Å². The molecule has 1 aliphatic carbocycles. The molecule has 2 atom stereocenters. The molecule has 1 N–H and O–H groups in total. The molecule has 0 amide bonds. The largest absolute Gasteiger partial charge is 0.416 e. The highest BCUT2D eigenvalue weighted by Gasteiger charge is 2.45. The highest BCUT2D eigenvalue weighted by molar-refractivity contribution is 9.09. The van der Waals surface area contributed by atoms with Gasteiger partial charge in [-0.1, -0.05) is 35.8 Å². The molecule has 0 aromatic heterocycles. The number of aliphatic hydroxyl groups is 1. The van der Waals surface area contributed by atoms with Crippen LogP contribution in [0, 0.1) is 0 Å². The summed E-state index contributed by atoms with van der Waals surface area (Å²) in [5, 5.41) is 9.95. The van der Waals surface area contributed by atoms with E-state index in [-0.39, 0.29) is 4.83 Å². The zero-order valence-electron chi connectivity index (χ0n) is 9.35. The van der Waals surface area contributed by atoms with Gasteiger partial charge in [-0.05, 0) is 23.3 Å². The Balaban J connectivity index is 2.59. The van der Waals surface area contributed by atoms with E-state index < -0.39 is 23.3 Å². The summed E-state index contributed by atoms with van der Waals surface area (Å²) < 4.78 is 37.9. The highest BCUT2D eigenvalue weighted by atomic mass is 79.9. The van der Waals surface area contributed by atoms with Gasteiger partial charge in [0.1, 0.15) is 0 Å². The second-order valence-electron chi connectivity index (χ2n) is 4.87. The lowest BCUT2D eigenvalue weighted by Gasteiger charge is -2.25. The average molecular weight is 309 g/mol. The molecular weight excluding hydrogens is 297 g/mol. The molecule has 94 valence electrons. The van der Waals surface area contributed by atoms with E-state index in [1.807, 2.05) is 13.8 Å². The number of alkyl halides is 4. The highest BCUT2D eigenvalue weighted by Crippen LogP contribution is 2.49. The first-order valence-corrected chi connectivity index (χ1v) is 6.11. The van der Waals surface area contributed by atoms with Gasteiger partial charge in [0.2, 0.25) is 0 Å². The molecule has 1 aromatic carbocycles. The summed E-state index contributed by atoms with van der Waals surface area (Å²) in [7, 11) is 0. The molecule has 0 radical (unpaired) electrons. The fourth-order valence-electron chi connectivity index (χ4n) is 2.25. The molecule has 0 aliphatic heterocycles. The van der Waals surface area contributed by atoms with Gasteiger partial charge in [-0.25, -0.2) is 0 Å². The molecular formula is C12H12BrF3O. The second kappa shape index (κ2) is 3.72. The lowest BCUT2D eigenvalue weighted by Crippen LogP contribution is -2.26. The Morgan fingerprint density at radius 1 is 1.29 bits per heavy atom. The zero-order valence-corrected chi connectivity index (χ0v) is 10.9. The van der Waals surface area contributed by atoms with E-state index in [0.29, 0.717) is 11.1 Å². The van der Waals surface area contributed by atoms with Crippen molar-refractivity contribution in [2.75, 3.05) is 0 Å². The van der Waals surface area contributed by atoms with Gasteiger partial charge in [0.15, 0.2) is 0 Å². The normalized spacial score (nSPS) is 27.0. The maximum atomic E-state index is 12.6. The number of halogens is 4. The first-order chi connectivity index (χ1) is 7.65. The molecule has 2 rings (SSSR count). The Morgan fingerprint density at radius 2 is 1.88 bits per heavy atom. The van der Waals surface area contributed by atoms with Gasteiger partial charge in [-0.2, -0.15) is 13.2 Å². The summed E-state index contributed by atoms with van der Waals surface area (Å²) in [4.78, 5) is -0.270. The Kier molecular flexibility index (Phi) is 2.82. The molecule has 1 aromatic rings. The van der Waals surface area contributed by atoms with Gasteiger partial charge in [-0.3, -0.25) is 0 Å². The first-order valence-electron chi connectivity index (χ1n) is 5.19. The van der Waals surface area contributed by atoms with Gasteiger partial charge >= 0.3 is 6.18 Å². The van der Waals surface area contributed by atoms with Gasteiger partial charge in [0, 0.05) is 5.41 Å². The SMILES string of the molecule is CC1(C)c2cc(C(F)(F)F)ccc2C(O)C1Br. The maximum absolute atomic E-state index is 12.6. The van der Waals surface area contributed by atoms with Crippen LogP contribution in [0.2, 0.25) is 0 Å². The third-order valence-corrected chi connectivity index (χ3v) is 5.01. The van der Waals surface area contributed by atoms with Crippen molar-refractivity contribution in [3.8, 4) is 0 Å². The summed E-state index contributed by atoms with van der Waals surface area (Å²) in [6.45, 7) is 3.64. The number of hydrogen-bond donors (Lipinski definition) is 1. The van der Waals surface area contributed by atoms with E-state index in [0.717, 1.165) is 12.1 Å². The molecule has 5 heteroatoms. The van der Waals surface area contributed by atoms with E-state index >= 15 is 0 Å². The van der Waals surface area contributed by atoms with E-state index in [1.165, 1.54) is 6.07 Å². The molecule has 0 fully saturated rings. The summed E-state index contributed by atoms with van der Waals surface area (Å²) in [5.74, 6) is 0. The van der Waals surface area contributed by atoms with E-state index in [2.05, 4.69) is 15.9 Å². The number of fused-ring (bicyclic) bond motifs is 1. The van der Waals surface area contributed by atoms with E-state index in [4.69, 9.17) is 0 Å². The second-order valence-corrected chi connectivity index (χ2v) is 5.85. The lowest BCUT2D eigenvalue weighted by atomic mass is 9.85. The van der Waals surface area contributed by atoms with Crippen molar-refractivity contribution < 1.29 is 18.3 Å². The molecule has 2 unspecified atom stereocenters. The predicted octanol–water partition coefficient (Wildman–Crippen LogP) is 3.79. The van der Waals surface area contributed by atoms with Crippen LogP contribution >= 0.6 is 15.9 Å². The van der Waals surface area contributed by atoms with Crippen molar-refractivity contribution in [2.24, 2.45) is 0 Å². The molecule has 0 saturated carbocycles. The fraction of sp³-hybridized carbons (Fsp3) is 0.500. The van der Waals surface area contributed by atoms with Crippen LogP contribution in [-0.4, -0.2) is 9.93 Å². The van der Waals surface area contributed by atoms with Crippen LogP contribution in [0.3, 0.4) is 0 Å². The minimum atomic E-state index is -4.35. The molecule has 1 nitrogen and oxygen atoms in total. The number of aliphatic hydroxyl groups excluding tert-OH is 1. The quantitative estimate of drug-likeness (QED) is 0.723. The third-order valence-electron chi connectivity index (χ3n) is 3.36. The van der Waals surface area contributed by atoms with Gasteiger partial charge in [-0.15, -0.1) is 0 Å². The molecule has 0 spiro atoms. The van der Waals surface area contributed by atoms with Crippen LogP contribution in [0.5, 0.6) is 0 Å². The monoisotopic (exact) mass is 308 g/mol. The molecule has 0 saturated heterocycles. The fourth-order valence-corrected chi connectivity index (χ4v) is 2.78. The van der Waals surface area contributed by atoms with Gasteiger partial charge in [0.25, 0.3) is 0 Å². The van der Waals surface area contributed by atoms with Crippen molar-refractivity contribution in [2.45, 2.75) is 36.4 Å². The van der Waals surface area contributed by atoms with Crippen LogP contribution in [0.15, 0.2) is 18.2 Å². The molecule has 1 aliphatic rings. The Labute approximate surface area is 106 Å². The lowest BCUT2D eigenvalue weighted by molar-refractivity contribution is -0.137. The topological polar surface area (TPSA) is 20.2 Å². The minimum absolute atomic E-state index is 0.270. The van der Waals surface area contributed by atoms with Crippen LogP contribution in [-0.2, 0) is 11.6 Å². The molecule has 0 heterocycles. The Morgan fingerprint density at radius 3 is 2.41 bits per heavy atom. The first kappa shape index (κ1) is 12.9. The predicted molar refractivity (Wildman–Crippen MR) is 62.1 cm³/mol. The van der Waals surface area contributed by atoms with Crippen LogP contribution in [0.25, 0.3) is 0 Å². The maximum Gasteiger partial charge on any atom is 0.416 e. The smallest absolute Gasteiger partial charge is 0.387 e. The average Bonchev–Trinajstić information content (AvgIpc) is 2.39. The third kappa shape index (κ3) is 1.89. The van der Waals surface area contributed by atoms with Crippen LogP contribution in [0.1, 0.15) is 36.6 Å². The number of hydrogen-bond acceptors (Lipinski definition) is 1. The molecule has 17 heavy (non-hydrogen) atoms. The zero-order chi connectivity index (χ0) is 13.0. The van der Waals surface area contributed by atoms with Crippen molar-refractivity contribution in [3.05, 3.63) is 34.9 Å². The summed E-state index contributed by atoms with van der Waals surface area (Å²) in [5.41, 5.74) is -0.0552. The van der Waals surface area contributed by atoms with Crippen molar-refractivity contribution in [3.63, 3.8) is 0 Å². The Hall–Kier alpha value is -0.550. The summed E-state index contributed by atoms with van der Waals surface area (Å²) >= 11 is 3.35. The van der Waals surface area contributed by atoms with Crippen molar-refractivity contribution in [1.29, 1.82) is 0 Å². The van der Waals surface area contributed by atoms with Crippen LogP contribution < -0.4 is 0 Å². The van der Waals surface area contributed by atoms with E-state index in [1.54, 1.807) is 0 Å². The van der Waals surface area contributed by atoms with Crippen molar-refractivity contribution >= 4 is 15.9 Å². The van der Waals surface area contributed by atoms with Crippen molar-refractivity contribution in [1.82, 2.24) is 0 Å². The number of benzene rings is 1. The standard InChI is InChI=1S/C12H12BrF3O/c1-11(2)8-5-6(12(14,15)16)3-4-7(8)9(17)10(11)13/h3-5,9-10,17H,1-2H3. The minimum Gasteiger partial charge on any atom is -0.387 e. The molecule has 0 bridgehead atoms. The summed E-state index contributed by atoms with van der Waals surface area (Å²) in [6, 6.07) is 3.52. The van der Waals surface area contributed by atoms with Gasteiger partial charge in [0.05, 0.1) is 16.5 Å². The summed E-state index contributed by atoms with van der Waals surface area (Å²) in [6.07, 6.45) is -5.11. The van der Waals surface area contributed by atoms with Gasteiger partial charge < -0.3 is 5.11 Å². The van der Waals surface area contributed by atoms with Crippen LogP contribution in [0.4, 0.5) is 13.2 Å². The Bertz CT molecular complexity index is 454. The number of rotatable bonds is 0.